The van der Waals surface area contributed by atoms with Crippen molar-refractivity contribution in [3.8, 4) is 6.07 Å². The second-order valence-corrected chi connectivity index (χ2v) is 4.52. The summed E-state index contributed by atoms with van der Waals surface area (Å²) in [5, 5.41) is 12.5. The summed E-state index contributed by atoms with van der Waals surface area (Å²) in [4.78, 5) is 2.34. The molecule has 15 heavy (non-hydrogen) atoms. The van der Waals surface area contributed by atoms with Crippen LogP contribution in [-0.2, 0) is 0 Å². The van der Waals surface area contributed by atoms with Crippen LogP contribution < -0.4 is 5.32 Å². The van der Waals surface area contributed by atoms with Gasteiger partial charge in [-0.2, -0.15) is 5.26 Å². The van der Waals surface area contributed by atoms with E-state index >= 15 is 0 Å². The zero-order valence-corrected chi connectivity index (χ0v) is 10.8. The van der Waals surface area contributed by atoms with E-state index in [9.17, 15) is 0 Å². The van der Waals surface area contributed by atoms with E-state index < -0.39 is 5.54 Å². The lowest BCUT2D eigenvalue weighted by atomic mass is 9.98. The largest absolute Gasteiger partial charge is 0.304 e. The summed E-state index contributed by atoms with van der Waals surface area (Å²) in [6.07, 6.45) is 0.878. The van der Waals surface area contributed by atoms with Gasteiger partial charge in [-0.05, 0) is 40.3 Å². The van der Waals surface area contributed by atoms with Gasteiger partial charge in [-0.15, -0.1) is 0 Å². The van der Waals surface area contributed by atoms with Crippen LogP contribution in [0.3, 0.4) is 0 Å². The molecule has 0 aliphatic rings. The molecule has 0 aliphatic carbocycles. The van der Waals surface area contributed by atoms with Crippen molar-refractivity contribution in [3.05, 3.63) is 0 Å². The van der Waals surface area contributed by atoms with E-state index in [1.165, 1.54) is 0 Å². The average Bonchev–Trinajstić information content (AvgIpc) is 2.18. The van der Waals surface area contributed by atoms with Gasteiger partial charge in [0.25, 0.3) is 0 Å². The molecule has 1 atom stereocenters. The fourth-order valence-corrected chi connectivity index (χ4v) is 1.72. The highest BCUT2D eigenvalue weighted by Crippen LogP contribution is 2.10. The fraction of sp³-hybridized carbons (Fsp3) is 0.917. The molecule has 3 heteroatoms. The third kappa shape index (κ3) is 5.76. The summed E-state index contributed by atoms with van der Waals surface area (Å²) in [6.45, 7) is 13.5. The Kier molecular flexibility index (Phi) is 6.55. The van der Waals surface area contributed by atoms with Crippen molar-refractivity contribution in [1.29, 1.82) is 5.26 Å². The minimum Gasteiger partial charge on any atom is -0.304 e. The minimum absolute atomic E-state index is 0.353. The zero-order chi connectivity index (χ0) is 11.9. The van der Waals surface area contributed by atoms with Crippen molar-refractivity contribution in [2.45, 2.75) is 52.6 Å². The zero-order valence-electron chi connectivity index (χ0n) is 10.8. The van der Waals surface area contributed by atoms with Gasteiger partial charge in [-0.3, -0.25) is 5.32 Å². The van der Waals surface area contributed by atoms with Gasteiger partial charge in [-0.25, -0.2) is 0 Å². The molecule has 0 bridgehead atoms. The highest BCUT2D eigenvalue weighted by atomic mass is 15.1. The molecule has 0 radical (unpaired) electrons. The predicted molar refractivity (Wildman–Crippen MR) is 64.7 cm³/mol. The molecular formula is C12H25N3. The van der Waals surface area contributed by atoms with Crippen molar-refractivity contribution in [2.24, 2.45) is 0 Å². The Morgan fingerprint density at radius 2 is 1.87 bits per heavy atom. The van der Waals surface area contributed by atoms with Crippen LogP contribution in [0.4, 0.5) is 0 Å². The highest BCUT2D eigenvalue weighted by molar-refractivity contribution is 5.04. The van der Waals surface area contributed by atoms with Crippen LogP contribution in [0.25, 0.3) is 0 Å². The van der Waals surface area contributed by atoms with Gasteiger partial charge >= 0.3 is 0 Å². The van der Waals surface area contributed by atoms with Gasteiger partial charge < -0.3 is 4.90 Å². The van der Waals surface area contributed by atoms with Crippen molar-refractivity contribution in [2.75, 3.05) is 19.6 Å². The number of hydrogen-bond donors (Lipinski definition) is 1. The van der Waals surface area contributed by atoms with Crippen LogP contribution in [0.5, 0.6) is 0 Å². The van der Waals surface area contributed by atoms with Crippen LogP contribution in [0.1, 0.15) is 41.0 Å². The topological polar surface area (TPSA) is 39.1 Å². The normalized spacial score (nSPS) is 15.3. The first kappa shape index (κ1) is 14.4. The molecule has 0 heterocycles. The molecule has 0 fully saturated rings. The van der Waals surface area contributed by atoms with Gasteiger partial charge in [0.15, 0.2) is 0 Å². The second kappa shape index (κ2) is 6.81. The first-order chi connectivity index (χ1) is 6.97. The lowest BCUT2D eigenvalue weighted by Crippen LogP contribution is -2.47. The van der Waals surface area contributed by atoms with E-state index in [2.05, 4.69) is 44.0 Å². The van der Waals surface area contributed by atoms with E-state index in [1.54, 1.807) is 0 Å². The lowest BCUT2D eigenvalue weighted by molar-refractivity contribution is 0.260. The van der Waals surface area contributed by atoms with E-state index in [0.29, 0.717) is 6.04 Å². The summed E-state index contributed by atoms with van der Waals surface area (Å²) in [7, 11) is 0. The Morgan fingerprint density at radius 1 is 1.33 bits per heavy atom. The molecule has 1 N–H and O–H groups in total. The molecule has 0 aromatic carbocycles. The van der Waals surface area contributed by atoms with Gasteiger partial charge in [-0.1, -0.05) is 13.8 Å². The smallest absolute Gasteiger partial charge is 0.105 e. The molecular weight excluding hydrogens is 186 g/mol. The maximum atomic E-state index is 9.16. The number of nitriles is 1. The monoisotopic (exact) mass is 211 g/mol. The Labute approximate surface area is 94.5 Å². The standard InChI is InChI=1S/C12H25N3/c1-6-15(7-2)9-8-12(5,10-13)14-11(3)4/h11,14H,6-9H2,1-5H3. The third-order valence-corrected chi connectivity index (χ3v) is 2.68. The van der Waals surface area contributed by atoms with Crippen LogP contribution in [0, 0.1) is 11.3 Å². The lowest BCUT2D eigenvalue weighted by Gasteiger charge is -2.28. The molecule has 0 saturated heterocycles. The summed E-state index contributed by atoms with van der Waals surface area (Å²) in [6, 6.07) is 2.73. The summed E-state index contributed by atoms with van der Waals surface area (Å²) in [5.74, 6) is 0. The molecule has 88 valence electrons. The van der Waals surface area contributed by atoms with Crippen molar-refractivity contribution in [3.63, 3.8) is 0 Å². The maximum Gasteiger partial charge on any atom is 0.105 e. The van der Waals surface area contributed by atoms with Crippen LogP contribution in [0.2, 0.25) is 0 Å². The SMILES string of the molecule is CCN(CC)CCC(C)(C#N)NC(C)C. The molecule has 1 unspecified atom stereocenters. The average molecular weight is 211 g/mol. The fourth-order valence-electron chi connectivity index (χ4n) is 1.72. The van der Waals surface area contributed by atoms with Crippen molar-refractivity contribution in [1.82, 2.24) is 10.2 Å². The molecule has 0 saturated carbocycles. The van der Waals surface area contributed by atoms with Crippen LogP contribution in [-0.4, -0.2) is 36.1 Å². The number of nitrogens with zero attached hydrogens (tertiary/aromatic N) is 2. The molecule has 3 nitrogen and oxygen atoms in total. The molecule has 0 aromatic rings. The third-order valence-electron chi connectivity index (χ3n) is 2.68. The maximum absolute atomic E-state index is 9.16. The minimum atomic E-state index is -0.392. The number of nitrogens with one attached hydrogen (secondary N) is 1. The van der Waals surface area contributed by atoms with Crippen LogP contribution in [0.15, 0.2) is 0 Å². The quantitative estimate of drug-likeness (QED) is 0.700. The van der Waals surface area contributed by atoms with Gasteiger partial charge in [0, 0.05) is 12.6 Å². The first-order valence-corrected chi connectivity index (χ1v) is 5.88. The molecule has 0 aliphatic heterocycles. The Hall–Kier alpha value is -0.590. The predicted octanol–water partition coefficient (Wildman–Crippen LogP) is 2.00. The van der Waals surface area contributed by atoms with E-state index in [1.807, 2.05) is 6.92 Å². The van der Waals surface area contributed by atoms with E-state index in [4.69, 9.17) is 5.26 Å². The Morgan fingerprint density at radius 3 is 2.20 bits per heavy atom. The highest BCUT2D eigenvalue weighted by Gasteiger charge is 2.24. The first-order valence-electron chi connectivity index (χ1n) is 5.88. The number of rotatable bonds is 7. The number of hydrogen-bond acceptors (Lipinski definition) is 3. The van der Waals surface area contributed by atoms with Crippen molar-refractivity contribution < 1.29 is 0 Å². The summed E-state index contributed by atoms with van der Waals surface area (Å²) in [5.41, 5.74) is -0.392. The second-order valence-electron chi connectivity index (χ2n) is 4.52. The molecule has 0 amide bonds. The molecule has 0 spiro atoms. The molecule has 0 aromatic heterocycles. The van der Waals surface area contributed by atoms with Crippen molar-refractivity contribution >= 4 is 0 Å². The van der Waals surface area contributed by atoms with E-state index in [0.717, 1.165) is 26.1 Å². The Bertz CT molecular complexity index is 203. The van der Waals surface area contributed by atoms with E-state index in [-0.39, 0.29) is 0 Å². The van der Waals surface area contributed by atoms with Gasteiger partial charge in [0.2, 0.25) is 0 Å². The Balaban J connectivity index is 4.15. The summed E-state index contributed by atoms with van der Waals surface area (Å²) >= 11 is 0. The summed E-state index contributed by atoms with van der Waals surface area (Å²) < 4.78 is 0. The van der Waals surface area contributed by atoms with Gasteiger partial charge in [0.1, 0.15) is 5.54 Å². The van der Waals surface area contributed by atoms with Gasteiger partial charge in [0.05, 0.1) is 6.07 Å². The van der Waals surface area contributed by atoms with Crippen LogP contribution >= 0.6 is 0 Å². The molecule has 0 rings (SSSR count).